The molecule has 0 radical (unpaired) electrons. The second kappa shape index (κ2) is 7.82. The number of hydrogen-bond acceptors (Lipinski definition) is 4. The van der Waals surface area contributed by atoms with E-state index in [-0.39, 0.29) is 11.7 Å². The summed E-state index contributed by atoms with van der Waals surface area (Å²) in [5.74, 6) is 0.00511. The van der Waals surface area contributed by atoms with Crippen LogP contribution in [0.15, 0.2) is 42.5 Å². The molecule has 1 aliphatic heterocycles. The van der Waals surface area contributed by atoms with E-state index < -0.39 is 5.41 Å². The lowest BCUT2D eigenvalue weighted by Crippen LogP contribution is -2.54. The van der Waals surface area contributed by atoms with Crippen LogP contribution in [0, 0.1) is 5.82 Å². The minimum Gasteiger partial charge on any atom is -0.345 e. The SMILES string of the molecule is O=C(N1CCN(c2nc3ccc(F)cc3s2)CC1)C1(c2ccc(Cl)cc2)CCCC1. The van der Waals surface area contributed by atoms with Crippen molar-refractivity contribution in [1.82, 2.24) is 9.88 Å². The highest BCUT2D eigenvalue weighted by atomic mass is 35.5. The largest absolute Gasteiger partial charge is 0.345 e. The molecule has 1 saturated carbocycles. The maximum atomic E-state index is 13.6. The molecule has 156 valence electrons. The van der Waals surface area contributed by atoms with Gasteiger partial charge in [0.05, 0.1) is 15.6 Å². The topological polar surface area (TPSA) is 36.4 Å². The molecule has 0 N–H and O–H groups in total. The smallest absolute Gasteiger partial charge is 0.233 e. The summed E-state index contributed by atoms with van der Waals surface area (Å²) in [6.45, 7) is 2.84. The van der Waals surface area contributed by atoms with Gasteiger partial charge in [0.1, 0.15) is 5.82 Å². The second-order valence-electron chi connectivity index (χ2n) is 8.18. The number of rotatable bonds is 3. The van der Waals surface area contributed by atoms with Crippen molar-refractivity contribution in [3.05, 3.63) is 58.9 Å². The highest BCUT2D eigenvalue weighted by Gasteiger charge is 2.45. The number of aromatic nitrogens is 1. The average molecular weight is 444 g/mol. The second-order valence-corrected chi connectivity index (χ2v) is 9.63. The first-order chi connectivity index (χ1) is 14.5. The van der Waals surface area contributed by atoms with E-state index in [1.54, 1.807) is 6.07 Å². The molecule has 5 rings (SSSR count). The van der Waals surface area contributed by atoms with Crippen LogP contribution in [-0.2, 0) is 10.2 Å². The minimum atomic E-state index is -0.417. The van der Waals surface area contributed by atoms with Crippen molar-refractivity contribution >= 4 is 44.2 Å². The molecule has 1 amide bonds. The number of halogens is 2. The maximum absolute atomic E-state index is 13.6. The number of carbonyl (C=O) groups excluding carboxylic acids is 1. The molecule has 4 nitrogen and oxygen atoms in total. The Morgan fingerprint density at radius 1 is 1.03 bits per heavy atom. The van der Waals surface area contributed by atoms with Crippen molar-refractivity contribution in [2.45, 2.75) is 31.1 Å². The fourth-order valence-electron chi connectivity index (χ4n) is 4.80. The molecule has 30 heavy (non-hydrogen) atoms. The van der Waals surface area contributed by atoms with Gasteiger partial charge in [0.15, 0.2) is 5.13 Å². The summed E-state index contributed by atoms with van der Waals surface area (Å²) in [4.78, 5) is 22.5. The van der Waals surface area contributed by atoms with E-state index in [2.05, 4.69) is 9.88 Å². The van der Waals surface area contributed by atoms with Crippen LogP contribution in [-0.4, -0.2) is 42.0 Å². The van der Waals surface area contributed by atoms with Gasteiger partial charge in [-0.15, -0.1) is 0 Å². The molecule has 2 aromatic carbocycles. The Bertz CT molecular complexity index is 1070. The first kappa shape index (κ1) is 19.8. The van der Waals surface area contributed by atoms with Crippen LogP contribution in [0.1, 0.15) is 31.2 Å². The van der Waals surface area contributed by atoms with Gasteiger partial charge in [0.2, 0.25) is 5.91 Å². The van der Waals surface area contributed by atoms with Gasteiger partial charge in [-0.05, 0) is 48.7 Å². The lowest BCUT2D eigenvalue weighted by Gasteiger charge is -2.40. The lowest BCUT2D eigenvalue weighted by molar-refractivity contribution is -0.137. The molecule has 3 aromatic rings. The third kappa shape index (κ3) is 3.46. The average Bonchev–Trinajstić information content (AvgIpc) is 3.41. The molecule has 1 aromatic heterocycles. The van der Waals surface area contributed by atoms with Crippen LogP contribution in [0.5, 0.6) is 0 Å². The number of nitrogens with zero attached hydrogens (tertiary/aromatic N) is 3. The zero-order valence-corrected chi connectivity index (χ0v) is 18.2. The molecule has 0 bridgehead atoms. The number of thiazole rings is 1. The van der Waals surface area contributed by atoms with E-state index in [0.29, 0.717) is 18.1 Å². The lowest BCUT2D eigenvalue weighted by atomic mass is 9.77. The summed E-state index contributed by atoms with van der Waals surface area (Å²) in [5, 5.41) is 1.60. The summed E-state index contributed by atoms with van der Waals surface area (Å²) >= 11 is 7.59. The molecule has 0 unspecified atom stereocenters. The molecule has 7 heteroatoms. The van der Waals surface area contributed by atoms with Gasteiger partial charge in [-0.1, -0.05) is 47.9 Å². The van der Waals surface area contributed by atoms with Crippen molar-refractivity contribution in [2.24, 2.45) is 0 Å². The van der Waals surface area contributed by atoms with Crippen LogP contribution in [0.25, 0.3) is 10.2 Å². The predicted molar refractivity (Wildman–Crippen MR) is 120 cm³/mol. The molecule has 0 spiro atoms. The summed E-state index contributed by atoms with van der Waals surface area (Å²) in [6.07, 6.45) is 3.96. The summed E-state index contributed by atoms with van der Waals surface area (Å²) in [7, 11) is 0. The van der Waals surface area contributed by atoms with E-state index in [1.165, 1.54) is 23.5 Å². The fraction of sp³-hybridized carbons (Fsp3) is 0.391. The number of piperazine rings is 1. The third-order valence-electron chi connectivity index (χ3n) is 6.44. The zero-order valence-electron chi connectivity index (χ0n) is 16.6. The van der Waals surface area contributed by atoms with E-state index >= 15 is 0 Å². The van der Waals surface area contributed by atoms with E-state index in [4.69, 9.17) is 11.6 Å². The Kier molecular flexibility index (Phi) is 5.15. The standard InChI is InChI=1S/C23H23ClFN3OS/c24-17-5-3-16(4-6-17)23(9-1-2-10-23)21(29)27-11-13-28(14-12-27)22-26-19-8-7-18(25)15-20(19)30-22/h3-8,15H,1-2,9-14H2. The van der Waals surface area contributed by atoms with Crippen molar-refractivity contribution in [2.75, 3.05) is 31.1 Å². The Morgan fingerprint density at radius 3 is 2.43 bits per heavy atom. The number of amides is 1. The number of benzene rings is 2. The Labute approximate surface area is 184 Å². The van der Waals surface area contributed by atoms with Gasteiger partial charge in [-0.2, -0.15) is 0 Å². The molecule has 2 fully saturated rings. The van der Waals surface area contributed by atoms with Crippen LogP contribution in [0.2, 0.25) is 5.02 Å². The Morgan fingerprint density at radius 2 is 1.73 bits per heavy atom. The van der Waals surface area contributed by atoms with Crippen LogP contribution >= 0.6 is 22.9 Å². The van der Waals surface area contributed by atoms with Gasteiger partial charge >= 0.3 is 0 Å². The quantitative estimate of drug-likeness (QED) is 0.554. The monoisotopic (exact) mass is 443 g/mol. The van der Waals surface area contributed by atoms with Gasteiger partial charge in [0.25, 0.3) is 0 Å². The molecular formula is C23H23ClFN3OS. The molecule has 2 heterocycles. The minimum absolute atomic E-state index is 0.239. The van der Waals surface area contributed by atoms with Crippen molar-refractivity contribution in [3.8, 4) is 0 Å². The molecule has 1 saturated heterocycles. The van der Waals surface area contributed by atoms with E-state index in [1.807, 2.05) is 29.2 Å². The predicted octanol–water partition coefficient (Wildman–Crippen LogP) is 5.25. The van der Waals surface area contributed by atoms with Crippen LogP contribution < -0.4 is 4.90 Å². The Balaban J connectivity index is 1.32. The van der Waals surface area contributed by atoms with Gasteiger partial charge in [-0.25, -0.2) is 9.37 Å². The summed E-state index contributed by atoms with van der Waals surface area (Å²) in [6, 6.07) is 12.5. The molecule has 2 aliphatic rings. The number of hydrogen-bond donors (Lipinski definition) is 0. The number of anilines is 1. The number of fused-ring (bicyclic) bond motifs is 1. The first-order valence-corrected chi connectivity index (χ1v) is 11.6. The summed E-state index contributed by atoms with van der Waals surface area (Å²) in [5.41, 5.74) is 1.49. The van der Waals surface area contributed by atoms with Crippen LogP contribution in [0.3, 0.4) is 0 Å². The Hall–Kier alpha value is -2.18. The molecule has 1 aliphatic carbocycles. The first-order valence-electron chi connectivity index (χ1n) is 10.4. The van der Waals surface area contributed by atoms with Crippen molar-refractivity contribution in [3.63, 3.8) is 0 Å². The zero-order chi connectivity index (χ0) is 20.7. The fourth-order valence-corrected chi connectivity index (χ4v) is 5.97. The maximum Gasteiger partial charge on any atom is 0.233 e. The van der Waals surface area contributed by atoms with Gasteiger partial charge < -0.3 is 9.80 Å². The highest BCUT2D eigenvalue weighted by molar-refractivity contribution is 7.22. The third-order valence-corrected chi connectivity index (χ3v) is 7.77. The van der Waals surface area contributed by atoms with E-state index in [9.17, 15) is 9.18 Å². The van der Waals surface area contributed by atoms with Crippen molar-refractivity contribution < 1.29 is 9.18 Å². The number of carbonyl (C=O) groups is 1. The summed E-state index contributed by atoms with van der Waals surface area (Å²) < 4.78 is 14.3. The van der Waals surface area contributed by atoms with Gasteiger partial charge in [0, 0.05) is 31.2 Å². The van der Waals surface area contributed by atoms with Gasteiger partial charge in [-0.3, -0.25) is 4.79 Å². The van der Waals surface area contributed by atoms with Crippen LogP contribution in [0.4, 0.5) is 9.52 Å². The van der Waals surface area contributed by atoms with E-state index in [0.717, 1.165) is 59.7 Å². The molecular weight excluding hydrogens is 421 g/mol. The molecule has 0 atom stereocenters. The van der Waals surface area contributed by atoms with Crippen molar-refractivity contribution in [1.29, 1.82) is 0 Å². The highest BCUT2D eigenvalue weighted by Crippen LogP contribution is 2.43. The normalized spacial score (nSPS) is 18.9.